The summed E-state index contributed by atoms with van der Waals surface area (Å²) in [5, 5.41) is 2.93. The van der Waals surface area contributed by atoms with Crippen LogP contribution < -0.4 is 11.1 Å². The molecule has 0 aliphatic rings. The van der Waals surface area contributed by atoms with E-state index in [1.807, 2.05) is 49.4 Å². The molecule has 0 aromatic heterocycles. The van der Waals surface area contributed by atoms with E-state index in [1.165, 1.54) is 11.1 Å². The van der Waals surface area contributed by atoms with Crippen LogP contribution in [0.4, 0.5) is 11.4 Å². The van der Waals surface area contributed by atoms with Crippen LogP contribution in [-0.4, -0.2) is 5.91 Å². The van der Waals surface area contributed by atoms with Crippen molar-refractivity contribution in [1.29, 1.82) is 0 Å². The van der Waals surface area contributed by atoms with Crippen LogP contribution in [0.15, 0.2) is 72.8 Å². The summed E-state index contributed by atoms with van der Waals surface area (Å²) in [7, 11) is 0. The number of carbonyl (C=O) groups excluding carboxylic acids is 1. The first-order valence-electron chi connectivity index (χ1n) is 8.92. The van der Waals surface area contributed by atoms with Crippen molar-refractivity contribution < 1.29 is 4.79 Å². The number of carbonyl (C=O) groups is 1. The van der Waals surface area contributed by atoms with Crippen molar-refractivity contribution in [3.05, 3.63) is 95.1 Å². The molecule has 0 aliphatic carbocycles. The minimum atomic E-state index is -0.116. The number of nitrogens with one attached hydrogen (secondary N) is 1. The summed E-state index contributed by atoms with van der Waals surface area (Å²) in [6.07, 6.45) is 3.17. The Morgan fingerprint density at radius 2 is 1.54 bits per heavy atom. The van der Waals surface area contributed by atoms with Crippen LogP contribution in [0.3, 0.4) is 0 Å². The molecule has 0 saturated carbocycles. The van der Waals surface area contributed by atoms with Gasteiger partial charge in [-0.15, -0.1) is 0 Å². The molecule has 0 bridgehead atoms. The fraction of sp³-hybridized carbons (Fsp3) is 0.174. The van der Waals surface area contributed by atoms with Crippen LogP contribution in [0, 0.1) is 6.92 Å². The van der Waals surface area contributed by atoms with Crippen molar-refractivity contribution in [2.75, 3.05) is 11.1 Å². The highest BCUT2D eigenvalue weighted by Gasteiger charge is 2.08. The predicted molar refractivity (Wildman–Crippen MR) is 108 cm³/mol. The van der Waals surface area contributed by atoms with Gasteiger partial charge in [0, 0.05) is 16.9 Å². The lowest BCUT2D eigenvalue weighted by Gasteiger charge is -2.10. The fourth-order valence-corrected chi connectivity index (χ4v) is 2.93. The predicted octanol–water partition coefficient (Wildman–Crippen LogP) is 5.00. The highest BCUT2D eigenvalue weighted by molar-refractivity contribution is 6.04. The Balaban J connectivity index is 1.56. The van der Waals surface area contributed by atoms with Crippen LogP contribution in [0.25, 0.3) is 0 Å². The van der Waals surface area contributed by atoms with Crippen molar-refractivity contribution in [2.24, 2.45) is 0 Å². The van der Waals surface area contributed by atoms with Crippen LogP contribution in [0.5, 0.6) is 0 Å². The molecule has 1 amide bonds. The molecule has 0 radical (unpaired) electrons. The number of hydrogen-bond acceptors (Lipinski definition) is 2. The van der Waals surface area contributed by atoms with Gasteiger partial charge in [0.2, 0.25) is 0 Å². The Morgan fingerprint density at radius 3 is 2.23 bits per heavy atom. The molecule has 0 fully saturated rings. The van der Waals surface area contributed by atoms with Crippen molar-refractivity contribution in [3.8, 4) is 0 Å². The summed E-state index contributed by atoms with van der Waals surface area (Å²) < 4.78 is 0. The Labute approximate surface area is 154 Å². The summed E-state index contributed by atoms with van der Waals surface area (Å²) in [5.41, 5.74) is 11.4. The lowest BCUT2D eigenvalue weighted by molar-refractivity contribution is 0.102. The minimum Gasteiger partial charge on any atom is -0.399 e. The van der Waals surface area contributed by atoms with Crippen molar-refractivity contribution >= 4 is 17.3 Å². The third-order valence-electron chi connectivity index (χ3n) is 4.50. The van der Waals surface area contributed by atoms with Gasteiger partial charge in [-0.1, -0.05) is 48.5 Å². The maximum absolute atomic E-state index is 12.4. The fourth-order valence-electron chi connectivity index (χ4n) is 2.93. The number of aryl methyl sites for hydroxylation is 3. The second-order valence-corrected chi connectivity index (χ2v) is 6.56. The second kappa shape index (κ2) is 8.34. The van der Waals surface area contributed by atoms with Gasteiger partial charge >= 0.3 is 0 Å². The number of amides is 1. The van der Waals surface area contributed by atoms with E-state index in [-0.39, 0.29) is 5.91 Å². The van der Waals surface area contributed by atoms with Gasteiger partial charge in [0.1, 0.15) is 0 Å². The Hall–Kier alpha value is -3.07. The van der Waals surface area contributed by atoms with Gasteiger partial charge in [-0.25, -0.2) is 0 Å². The summed E-state index contributed by atoms with van der Waals surface area (Å²) in [5.74, 6) is -0.116. The Kier molecular flexibility index (Phi) is 5.69. The van der Waals surface area contributed by atoms with E-state index < -0.39 is 0 Å². The summed E-state index contributed by atoms with van der Waals surface area (Å²) in [6, 6.07) is 23.9. The molecular weight excluding hydrogens is 320 g/mol. The minimum absolute atomic E-state index is 0.116. The van der Waals surface area contributed by atoms with E-state index in [0.717, 1.165) is 30.5 Å². The number of hydrogen-bond donors (Lipinski definition) is 2. The lowest BCUT2D eigenvalue weighted by Crippen LogP contribution is -2.13. The maximum Gasteiger partial charge on any atom is 0.255 e. The van der Waals surface area contributed by atoms with Gasteiger partial charge in [-0.3, -0.25) is 4.79 Å². The van der Waals surface area contributed by atoms with Gasteiger partial charge in [0.05, 0.1) is 0 Å². The SMILES string of the molecule is Cc1ccc(N)cc1NC(=O)c1ccc(CCCc2ccccc2)cc1. The van der Waals surface area contributed by atoms with Gasteiger partial charge in [-0.05, 0) is 67.1 Å². The zero-order valence-electron chi connectivity index (χ0n) is 15.0. The molecule has 0 aliphatic heterocycles. The summed E-state index contributed by atoms with van der Waals surface area (Å²) in [6.45, 7) is 1.95. The first kappa shape index (κ1) is 17.7. The summed E-state index contributed by atoms with van der Waals surface area (Å²) in [4.78, 5) is 12.4. The molecule has 3 heteroatoms. The largest absolute Gasteiger partial charge is 0.399 e. The van der Waals surface area contributed by atoms with Crippen LogP contribution in [0.1, 0.15) is 33.5 Å². The third kappa shape index (κ3) is 4.73. The standard InChI is InChI=1S/C23H24N2O/c1-17-10-15-21(24)16-22(17)25-23(26)20-13-11-19(12-14-20)9-5-8-18-6-3-2-4-7-18/h2-4,6-7,10-16H,5,8-9,24H2,1H3,(H,25,26). The molecule has 0 heterocycles. The molecule has 132 valence electrons. The average molecular weight is 344 g/mol. The average Bonchev–Trinajstić information content (AvgIpc) is 2.66. The van der Waals surface area contributed by atoms with Crippen LogP contribution in [0.2, 0.25) is 0 Å². The molecule has 0 spiro atoms. The van der Waals surface area contributed by atoms with E-state index in [1.54, 1.807) is 6.07 Å². The van der Waals surface area contributed by atoms with E-state index >= 15 is 0 Å². The topological polar surface area (TPSA) is 55.1 Å². The molecule has 26 heavy (non-hydrogen) atoms. The Morgan fingerprint density at radius 1 is 0.885 bits per heavy atom. The van der Waals surface area contributed by atoms with Gasteiger partial charge in [0.25, 0.3) is 5.91 Å². The van der Waals surface area contributed by atoms with Crippen molar-refractivity contribution in [2.45, 2.75) is 26.2 Å². The highest BCUT2D eigenvalue weighted by Crippen LogP contribution is 2.19. The third-order valence-corrected chi connectivity index (χ3v) is 4.50. The van der Waals surface area contributed by atoms with Gasteiger partial charge in [-0.2, -0.15) is 0 Å². The number of nitrogen functional groups attached to an aromatic ring is 1. The van der Waals surface area contributed by atoms with E-state index in [2.05, 4.69) is 29.6 Å². The zero-order valence-corrected chi connectivity index (χ0v) is 15.0. The zero-order chi connectivity index (χ0) is 18.4. The molecule has 0 atom stereocenters. The molecule has 0 saturated heterocycles. The quantitative estimate of drug-likeness (QED) is 0.618. The van der Waals surface area contributed by atoms with Crippen molar-refractivity contribution in [3.63, 3.8) is 0 Å². The highest BCUT2D eigenvalue weighted by atomic mass is 16.1. The molecule has 0 unspecified atom stereocenters. The van der Waals surface area contributed by atoms with Crippen LogP contribution >= 0.6 is 0 Å². The van der Waals surface area contributed by atoms with Crippen LogP contribution in [-0.2, 0) is 12.8 Å². The molecule has 3 N–H and O–H groups in total. The second-order valence-electron chi connectivity index (χ2n) is 6.56. The first-order valence-corrected chi connectivity index (χ1v) is 8.92. The molecule has 3 aromatic rings. The van der Waals surface area contributed by atoms with E-state index in [4.69, 9.17) is 5.73 Å². The lowest BCUT2D eigenvalue weighted by atomic mass is 10.0. The van der Waals surface area contributed by atoms with Gasteiger partial charge < -0.3 is 11.1 Å². The van der Waals surface area contributed by atoms with Crippen molar-refractivity contribution in [1.82, 2.24) is 0 Å². The van der Waals surface area contributed by atoms with E-state index in [9.17, 15) is 4.79 Å². The molecule has 3 nitrogen and oxygen atoms in total. The maximum atomic E-state index is 12.4. The first-order chi connectivity index (χ1) is 12.6. The number of nitrogens with two attached hydrogens (primary N) is 1. The molecular formula is C23H24N2O. The number of anilines is 2. The molecule has 3 rings (SSSR count). The van der Waals surface area contributed by atoms with Gasteiger partial charge in [0.15, 0.2) is 0 Å². The number of benzene rings is 3. The normalized spacial score (nSPS) is 10.5. The summed E-state index contributed by atoms with van der Waals surface area (Å²) >= 11 is 0. The number of rotatable bonds is 6. The Bertz CT molecular complexity index is 870. The molecule has 3 aromatic carbocycles. The van der Waals surface area contributed by atoms with E-state index in [0.29, 0.717) is 11.3 Å². The smallest absolute Gasteiger partial charge is 0.255 e. The monoisotopic (exact) mass is 344 g/mol.